The maximum absolute atomic E-state index is 14.0. The molecule has 1 aromatic carbocycles. The van der Waals surface area contributed by atoms with E-state index < -0.39 is 58.3 Å². The van der Waals surface area contributed by atoms with Gasteiger partial charge in [0.25, 0.3) is 0 Å². The molecule has 11 heteroatoms. The number of hydrogen-bond acceptors (Lipinski definition) is 8. The molecule has 1 saturated heterocycles. The number of rotatable bonds is 14. The maximum atomic E-state index is 14.0. The first-order valence-electron chi connectivity index (χ1n) is 13.5. The van der Waals surface area contributed by atoms with Gasteiger partial charge in [-0.25, -0.2) is 17.6 Å². The smallest absolute Gasteiger partial charge is 0.335 e. The summed E-state index contributed by atoms with van der Waals surface area (Å²) in [4.78, 5) is 12.9. The quantitative estimate of drug-likeness (QED) is 0.234. The summed E-state index contributed by atoms with van der Waals surface area (Å²) in [6.45, 7) is 2.96. The Morgan fingerprint density at radius 2 is 1.76 bits per heavy atom. The number of carbonyl (C=O) groups excluding carboxylic acids is 1. The number of ether oxygens (including phenoxy) is 3. The monoisotopic (exact) mass is 557 g/mol. The number of anilines is 1. The molecule has 1 spiro atoms. The highest BCUT2D eigenvalue weighted by Crippen LogP contribution is 2.41. The third kappa shape index (κ3) is 7.53. The molecule has 3 atom stereocenters. The number of esters is 1. The van der Waals surface area contributed by atoms with Gasteiger partial charge in [-0.1, -0.05) is 39.0 Å². The fourth-order valence-corrected chi connectivity index (χ4v) is 6.57. The first-order valence-corrected chi connectivity index (χ1v) is 15.0. The number of unbranched alkanes of at least 4 members (excludes halogenated alkanes) is 5. The van der Waals surface area contributed by atoms with Gasteiger partial charge in [0.1, 0.15) is 23.3 Å². The van der Waals surface area contributed by atoms with Crippen LogP contribution in [0.4, 0.5) is 10.1 Å². The number of carbonyl (C=O) groups is 1. The van der Waals surface area contributed by atoms with Crippen molar-refractivity contribution in [3.8, 4) is 0 Å². The van der Waals surface area contributed by atoms with Crippen molar-refractivity contribution < 1.29 is 42.0 Å². The summed E-state index contributed by atoms with van der Waals surface area (Å²) in [7, 11) is -4.16. The highest BCUT2D eigenvalue weighted by molar-refractivity contribution is 7.93. The van der Waals surface area contributed by atoms with E-state index in [1.54, 1.807) is 6.92 Å². The molecule has 38 heavy (non-hydrogen) atoms. The van der Waals surface area contributed by atoms with E-state index in [0.29, 0.717) is 12.0 Å². The summed E-state index contributed by atoms with van der Waals surface area (Å²) in [6.07, 6.45) is 6.47. The fourth-order valence-electron chi connectivity index (χ4n) is 4.99. The van der Waals surface area contributed by atoms with Crippen molar-refractivity contribution in [3.05, 3.63) is 41.2 Å². The van der Waals surface area contributed by atoms with E-state index in [0.717, 1.165) is 32.1 Å². The minimum atomic E-state index is -4.16. The van der Waals surface area contributed by atoms with Crippen LogP contribution in [0.2, 0.25) is 0 Å². The second kappa shape index (κ2) is 13.8. The molecule has 3 N–H and O–H groups in total. The van der Waals surface area contributed by atoms with Crippen molar-refractivity contribution in [2.45, 2.75) is 94.9 Å². The van der Waals surface area contributed by atoms with E-state index in [1.807, 2.05) is 0 Å². The summed E-state index contributed by atoms with van der Waals surface area (Å²) in [5.74, 6) is -2.74. The second-order valence-electron chi connectivity index (χ2n) is 9.80. The standard InChI is InChI=1S/C27H40FNO8S/c1-3-5-6-7-8-9-10-19-15-20(28)11-12-22(19)29-38(33,34)25-13-14-27(16-21(25)26(32)35-4-2)36-23(17-30)24(18-31)37-27/h11-12,15-16,23-25,29-31H,3-10,13-14,17-18H2,1-2H3/t23-,24-,25?/m1/s1. The molecule has 1 aromatic rings. The van der Waals surface area contributed by atoms with Crippen LogP contribution in [0.15, 0.2) is 29.8 Å². The molecule has 9 nitrogen and oxygen atoms in total. The SMILES string of the molecule is CCCCCCCCc1cc(F)ccc1NS(=O)(=O)C1CCC2(C=C1C(=O)OCC)O[C@H](CO)[C@@H](CO)O2. The van der Waals surface area contributed by atoms with Crippen LogP contribution >= 0.6 is 0 Å². The zero-order valence-corrected chi connectivity index (χ0v) is 23.0. The van der Waals surface area contributed by atoms with Gasteiger partial charge in [-0.15, -0.1) is 0 Å². The minimum absolute atomic E-state index is 0.0317. The number of nitrogens with one attached hydrogen (secondary N) is 1. The summed E-state index contributed by atoms with van der Waals surface area (Å²) >= 11 is 0. The lowest BCUT2D eigenvalue weighted by Gasteiger charge is -2.33. The molecular weight excluding hydrogens is 517 g/mol. The van der Waals surface area contributed by atoms with Crippen molar-refractivity contribution in [2.75, 3.05) is 24.5 Å². The molecule has 1 heterocycles. The summed E-state index contributed by atoms with van der Waals surface area (Å²) in [5, 5.41) is 17.9. The highest BCUT2D eigenvalue weighted by atomic mass is 32.2. The average molecular weight is 558 g/mol. The van der Waals surface area contributed by atoms with E-state index in [4.69, 9.17) is 14.2 Å². The van der Waals surface area contributed by atoms with Gasteiger partial charge in [-0.2, -0.15) is 0 Å². The zero-order chi connectivity index (χ0) is 27.8. The number of aliphatic hydroxyl groups excluding tert-OH is 2. The highest BCUT2D eigenvalue weighted by Gasteiger charge is 2.51. The van der Waals surface area contributed by atoms with Crippen molar-refractivity contribution in [3.63, 3.8) is 0 Å². The predicted octanol–water partition coefficient (Wildman–Crippen LogP) is 3.59. The van der Waals surface area contributed by atoms with E-state index in [9.17, 15) is 27.8 Å². The third-order valence-electron chi connectivity index (χ3n) is 6.96. The summed E-state index contributed by atoms with van der Waals surface area (Å²) in [6, 6.07) is 3.94. The van der Waals surface area contributed by atoms with Crippen LogP contribution in [0.25, 0.3) is 0 Å². The third-order valence-corrected chi connectivity index (χ3v) is 8.70. The lowest BCUT2D eigenvalue weighted by Crippen LogP contribution is -2.43. The molecule has 1 unspecified atom stereocenters. The Morgan fingerprint density at radius 3 is 2.39 bits per heavy atom. The second-order valence-corrected chi connectivity index (χ2v) is 11.7. The molecule has 0 saturated carbocycles. The summed E-state index contributed by atoms with van der Waals surface area (Å²) < 4.78 is 60.6. The van der Waals surface area contributed by atoms with Gasteiger partial charge in [0.05, 0.1) is 31.1 Å². The number of halogens is 1. The number of sulfonamides is 1. The van der Waals surface area contributed by atoms with E-state index in [-0.39, 0.29) is 30.7 Å². The molecule has 0 amide bonds. The molecule has 0 aromatic heterocycles. The molecule has 0 bridgehead atoms. The topological polar surface area (TPSA) is 131 Å². The lowest BCUT2D eigenvalue weighted by atomic mass is 9.94. The van der Waals surface area contributed by atoms with Crippen molar-refractivity contribution in [2.24, 2.45) is 0 Å². The van der Waals surface area contributed by atoms with Crippen LogP contribution in [-0.4, -0.2) is 67.7 Å². The van der Waals surface area contributed by atoms with E-state index in [2.05, 4.69) is 11.6 Å². The Bertz CT molecular complexity index is 1060. The van der Waals surface area contributed by atoms with Crippen LogP contribution in [0.5, 0.6) is 0 Å². The first-order chi connectivity index (χ1) is 18.2. The largest absolute Gasteiger partial charge is 0.463 e. The van der Waals surface area contributed by atoms with Gasteiger partial charge in [0, 0.05) is 6.42 Å². The Labute approximate surface area is 224 Å². The molecule has 3 rings (SSSR count). The minimum Gasteiger partial charge on any atom is -0.463 e. The lowest BCUT2D eigenvalue weighted by molar-refractivity contribution is -0.154. The van der Waals surface area contributed by atoms with Crippen molar-refractivity contribution in [1.29, 1.82) is 0 Å². The number of benzene rings is 1. The Kier molecular flexibility index (Phi) is 11.1. The van der Waals surface area contributed by atoms with Gasteiger partial charge < -0.3 is 24.4 Å². The van der Waals surface area contributed by atoms with Gasteiger partial charge in [-0.3, -0.25) is 4.72 Å². The average Bonchev–Trinajstić information content (AvgIpc) is 3.24. The van der Waals surface area contributed by atoms with Crippen LogP contribution in [0, 0.1) is 5.82 Å². The molecule has 2 aliphatic rings. The number of aliphatic hydroxyl groups is 2. The fraction of sp³-hybridized carbons (Fsp3) is 0.667. The molecule has 1 aliphatic carbocycles. The van der Waals surface area contributed by atoms with Crippen LogP contribution < -0.4 is 4.72 Å². The van der Waals surface area contributed by atoms with E-state index in [1.165, 1.54) is 30.7 Å². The predicted molar refractivity (Wildman–Crippen MR) is 140 cm³/mol. The molecule has 214 valence electrons. The van der Waals surface area contributed by atoms with Crippen molar-refractivity contribution in [1.82, 2.24) is 0 Å². The number of hydrogen-bond donors (Lipinski definition) is 3. The zero-order valence-electron chi connectivity index (χ0n) is 22.2. The molecule has 1 fully saturated rings. The van der Waals surface area contributed by atoms with Crippen molar-refractivity contribution >= 4 is 21.7 Å². The van der Waals surface area contributed by atoms with Gasteiger partial charge in [0.15, 0.2) is 5.79 Å². The Balaban J connectivity index is 1.83. The molecular formula is C27H40FNO8S. The van der Waals surface area contributed by atoms with Gasteiger partial charge >= 0.3 is 5.97 Å². The first kappa shape index (κ1) is 30.5. The maximum Gasteiger partial charge on any atom is 0.335 e. The van der Waals surface area contributed by atoms with Crippen LogP contribution in [0.1, 0.15) is 70.8 Å². The van der Waals surface area contributed by atoms with Crippen LogP contribution in [-0.2, 0) is 35.4 Å². The molecule has 1 aliphatic heterocycles. The van der Waals surface area contributed by atoms with Gasteiger partial charge in [-0.05, 0) is 56.0 Å². The Morgan fingerprint density at radius 1 is 1.11 bits per heavy atom. The van der Waals surface area contributed by atoms with Crippen LogP contribution in [0.3, 0.4) is 0 Å². The Hall–Kier alpha value is -2.05. The normalized spacial score (nSPS) is 22.9. The number of aryl methyl sites for hydroxylation is 1. The van der Waals surface area contributed by atoms with Gasteiger partial charge in [0.2, 0.25) is 10.0 Å². The van der Waals surface area contributed by atoms with E-state index >= 15 is 0 Å². The molecule has 0 radical (unpaired) electrons. The summed E-state index contributed by atoms with van der Waals surface area (Å²) in [5.41, 5.74) is 0.676.